The molecule has 0 aliphatic heterocycles. The molecule has 0 saturated carbocycles. The monoisotopic (exact) mass is 428 g/mol. The molecule has 0 aliphatic rings. The van der Waals surface area contributed by atoms with E-state index in [1.54, 1.807) is 18.2 Å². The van der Waals surface area contributed by atoms with Gasteiger partial charge in [0, 0.05) is 23.9 Å². The number of benzene rings is 3. The third-order valence-corrected chi connectivity index (χ3v) is 4.66. The van der Waals surface area contributed by atoms with E-state index in [-0.39, 0.29) is 22.3 Å². The van der Waals surface area contributed by atoms with Crippen LogP contribution < -0.4 is 0 Å². The molecule has 0 bridgehead atoms. The Morgan fingerprint density at radius 2 is 1.61 bits per heavy atom. The van der Waals surface area contributed by atoms with Gasteiger partial charge >= 0.3 is 6.18 Å². The third-order valence-electron chi connectivity index (χ3n) is 4.66. The smallest absolute Gasteiger partial charge is 0.258 e. The Bertz CT molecular complexity index is 1350. The maximum Gasteiger partial charge on any atom is 0.435 e. The molecule has 3 aromatic carbocycles. The van der Waals surface area contributed by atoms with Crippen LogP contribution in [0.3, 0.4) is 0 Å². The molecular formula is C20H11F3N4O4. The topological polar surface area (TPSA) is 104 Å². The van der Waals surface area contributed by atoms with E-state index in [0.717, 1.165) is 16.9 Å². The van der Waals surface area contributed by atoms with Crippen molar-refractivity contribution in [2.75, 3.05) is 0 Å². The van der Waals surface area contributed by atoms with Gasteiger partial charge in [-0.25, -0.2) is 4.68 Å². The van der Waals surface area contributed by atoms with Gasteiger partial charge in [0.05, 0.1) is 26.5 Å². The van der Waals surface area contributed by atoms with E-state index in [0.29, 0.717) is 5.39 Å². The van der Waals surface area contributed by atoms with Crippen molar-refractivity contribution in [1.29, 1.82) is 0 Å². The molecule has 0 atom stereocenters. The van der Waals surface area contributed by atoms with Crippen LogP contribution in [0.15, 0.2) is 66.9 Å². The van der Waals surface area contributed by atoms with Gasteiger partial charge in [0.15, 0.2) is 5.69 Å². The first-order valence-corrected chi connectivity index (χ1v) is 8.75. The molecule has 8 nitrogen and oxygen atoms in total. The van der Waals surface area contributed by atoms with Crippen LogP contribution in [0.25, 0.3) is 27.6 Å². The molecule has 1 aromatic heterocycles. The first kappa shape index (κ1) is 20.0. The maximum absolute atomic E-state index is 13.8. The first-order chi connectivity index (χ1) is 14.7. The number of aromatic nitrogens is 2. The highest BCUT2D eigenvalue weighted by Crippen LogP contribution is 2.42. The number of hydrogen-bond donors (Lipinski definition) is 0. The highest BCUT2D eigenvalue weighted by Gasteiger charge is 2.39. The highest BCUT2D eigenvalue weighted by molar-refractivity contribution is 5.98. The number of alkyl halides is 3. The van der Waals surface area contributed by atoms with Gasteiger partial charge in [-0.3, -0.25) is 20.2 Å². The Balaban J connectivity index is 2.00. The van der Waals surface area contributed by atoms with Gasteiger partial charge < -0.3 is 0 Å². The fourth-order valence-corrected chi connectivity index (χ4v) is 3.33. The van der Waals surface area contributed by atoms with Crippen LogP contribution in [0.1, 0.15) is 5.69 Å². The maximum atomic E-state index is 13.8. The van der Waals surface area contributed by atoms with E-state index in [2.05, 4.69) is 5.10 Å². The average Bonchev–Trinajstić information content (AvgIpc) is 3.19. The summed E-state index contributed by atoms with van der Waals surface area (Å²) < 4.78 is 42.1. The van der Waals surface area contributed by atoms with Crippen LogP contribution in [0.5, 0.6) is 0 Å². The largest absolute Gasteiger partial charge is 0.435 e. The van der Waals surface area contributed by atoms with Crippen molar-refractivity contribution in [1.82, 2.24) is 9.78 Å². The quantitative estimate of drug-likeness (QED) is 0.314. The molecule has 0 unspecified atom stereocenters. The lowest BCUT2D eigenvalue weighted by atomic mass is 9.98. The van der Waals surface area contributed by atoms with Crippen molar-refractivity contribution < 1.29 is 23.0 Å². The average molecular weight is 428 g/mol. The number of nitro groups is 2. The second kappa shape index (κ2) is 7.20. The fraction of sp³-hybridized carbons (Fsp3) is 0.0500. The summed E-state index contributed by atoms with van der Waals surface area (Å²) in [5.41, 5.74) is -2.90. The standard InChI is InChI=1S/C20H11F3N4O4/c21-20(22,23)19-17(11-25(24-19)13-5-3-6-14(10-13)26(28)29)16-9-8-12-4-1-2-7-15(12)18(16)27(30)31/h1-11H. The number of halogens is 3. The molecule has 1 heterocycles. The van der Waals surface area contributed by atoms with Crippen LogP contribution in [0.4, 0.5) is 24.5 Å². The molecule has 4 rings (SSSR count). The van der Waals surface area contributed by atoms with Crippen LogP contribution in [-0.2, 0) is 6.18 Å². The lowest BCUT2D eigenvalue weighted by molar-refractivity contribution is -0.384. The van der Waals surface area contributed by atoms with Crippen LogP contribution in [-0.4, -0.2) is 19.6 Å². The summed E-state index contributed by atoms with van der Waals surface area (Å²) in [5, 5.41) is 27.0. The summed E-state index contributed by atoms with van der Waals surface area (Å²) in [6, 6.07) is 13.9. The van der Waals surface area contributed by atoms with Crippen molar-refractivity contribution >= 4 is 22.1 Å². The van der Waals surface area contributed by atoms with Gasteiger partial charge in [-0.1, -0.05) is 30.3 Å². The molecule has 0 aliphatic carbocycles. The Hall–Kier alpha value is -4.28. The molecule has 31 heavy (non-hydrogen) atoms. The number of fused-ring (bicyclic) bond motifs is 1. The number of non-ortho nitro benzene ring substituents is 1. The zero-order valence-electron chi connectivity index (χ0n) is 15.4. The molecule has 156 valence electrons. The second-order valence-corrected chi connectivity index (χ2v) is 6.55. The highest BCUT2D eigenvalue weighted by atomic mass is 19.4. The zero-order chi connectivity index (χ0) is 22.3. The summed E-state index contributed by atoms with van der Waals surface area (Å²) in [7, 11) is 0. The van der Waals surface area contributed by atoms with Crippen molar-refractivity contribution in [2.45, 2.75) is 6.18 Å². The van der Waals surface area contributed by atoms with E-state index in [9.17, 15) is 33.4 Å². The molecule has 0 fully saturated rings. The zero-order valence-corrected chi connectivity index (χ0v) is 15.4. The molecule has 0 N–H and O–H groups in total. The summed E-state index contributed by atoms with van der Waals surface area (Å²) in [5.74, 6) is 0. The summed E-state index contributed by atoms with van der Waals surface area (Å²) >= 11 is 0. The fourth-order valence-electron chi connectivity index (χ4n) is 3.33. The van der Waals surface area contributed by atoms with Gasteiger partial charge in [-0.05, 0) is 23.6 Å². The Kier molecular flexibility index (Phi) is 4.65. The molecule has 0 amide bonds. The van der Waals surface area contributed by atoms with Gasteiger partial charge in [0.25, 0.3) is 11.4 Å². The number of rotatable bonds is 4. The van der Waals surface area contributed by atoms with Gasteiger partial charge in [-0.15, -0.1) is 0 Å². The molecule has 0 spiro atoms. The van der Waals surface area contributed by atoms with E-state index in [1.165, 1.54) is 36.4 Å². The van der Waals surface area contributed by atoms with Gasteiger partial charge in [-0.2, -0.15) is 18.3 Å². The minimum atomic E-state index is -4.92. The van der Waals surface area contributed by atoms with Gasteiger partial charge in [0.2, 0.25) is 0 Å². The predicted molar refractivity (Wildman–Crippen MR) is 105 cm³/mol. The lowest BCUT2D eigenvalue weighted by Gasteiger charge is -2.08. The molecule has 0 saturated heterocycles. The van der Waals surface area contributed by atoms with Crippen LogP contribution >= 0.6 is 0 Å². The summed E-state index contributed by atoms with van der Waals surface area (Å²) in [4.78, 5) is 21.4. The minimum absolute atomic E-state index is 0.00870. The Morgan fingerprint density at radius 1 is 0.871 bits per heavy atom. The predicted octanol–water partition coefficient (Wildman–Crippen LogP) is 5.53. The number of nitrogens with zero attached hydrogens (tertiary/aromatic N) is 4. The lowest BCUT2D eigenvalue weighted by Crippen LogP contribution is -2.09. The van der Waals surface area contributed by atoms with Crippen molar-refractivity contribution in [3.63, 3.8) is 0 Å². The summed E-state index contributed by atoms with van der Waals surface area (Å²) in [6.07, 6.45) is -3.93. The second-order valence-electron chi connectivity index (χ2n) is 6.55. The summed E-state index contributed by atoms with van der Waals surface area (Å²) in [6.45, 7) is 0. The normalized spacial score (nSPS) is 11.6. The van der Waals surface area contributed by atoms with E-state index in [1.807, 2.05) is 0 Å². The Morgan fingerprint density at radius 3 is 2.29 bits per heavy atom. The SMILES string of the molecule is O=[N+]([O-])c1cccc(-n2cc(-c3ccc4ccccc4c3[N+](=O)[O-])c(C(F)(F)F)n2)c1. The van der Waals surface area contributed by atoms with E-state index in [4.69, 9.17) is 0 Å². The van der Waals surface area contributed by atoms with Crippen LogP contribution in [0, 0.1) is 20.2 Å². The molecule has 4 aromatic rings. The first-order valence-electron chi connectivity index (χ1n) is 8.75. The Labute approximate surface area is 171 Å². The van der Waals surface area contributed by atoms with Crippen molar-refractivity contribution in [3.05, 3.63) is 92.8 Å². The number of hydrogen-bond acceptors (Lipinski definition) is 5. The van der Waals surface area contributed by atoms with E-state index < -0.39 is 33.0 Å². The number of nitro benzene ring substituents is 2. The third kappa shape index (κ3) is 3.56. The molecule has 0 radical (unpaired) electrons. The molecule has 11 heteroatoms. The van der Waals surface area contributed by atoms with Crippen molar-refractivity contribution in [3.8, 4) is 16.8 Å². The van der Waals surface area contributed by atoms with Gasteiger partial charge in [0.1, 0.15) is 0 Å². The van der Waals surface area contributed by atoms with E-state index >= 15 is 0 Å². The van der Waals surface area contributed by atoms with Crippen LogP contribution in [0.2, 0.25) is 0 Å². The minimum Gasteiger partial charge on any atom is -0.258 e. The molecular weight excluding hydrogens is 417 g/mol. The van der Waals surface area contributed by atoms with Crippen molar-refractivity contribution in [2.24, 2.45) is 0 Å².